The van der Waals surface area contributed by atoms with E-state index in [9.17, 15) is 0 Å². The normalized spacial score (nSPS) is 14.0. The van der Waals surface area contributed by atoms with Crippen molar-refractivity contribution in [1.29, 1.82) is 0 Å². The Kier molecular flexibility index (Phi) is 11.0. The first kappa shape index (κ1) is 54.2. The summed E-state index contributed by atoms with van der Waals surface area (Å²) in [6, 6.07) is 128. The summed E-state index contributed by atoms with van der Waals surface area (Å²) >= 11 is 0. The van der Waals surface area contributed by atoms with Gasteiger partial charge < -0.3 is 33.8 Å². The molecule has 23 rings (SSSR count). The first-order chi connectivity index (χ1) is 49.7. The van der Waals surface area contributed by atoms with Gasteiger partial charge in [-0.2, -0.15) is 0 Å². The minimum Gasteiger partial charge on any atom is -0.311 e. The van der Waals surface area contributed by atoms with Gasteiger partial charge in [0, 0.05) is 118 Å². The van der Waals surface area contributed by atoms with E-state index in [4.69, 9.17) is 0 Å². The third-order valence-electron chi connectivity index (χ3n) is 22.6. The molecule has 15 aromatic carbocycles. The molecule has 8 heterocycles. The van der Waals surface area contributed by atoms with Crippen LogP contribution in [0.15, 0.2) is 340 Å². The van der Waals surface area contributed by atoms with Crippen molar-refractivity contribution in [2.75, 3.05) is 29.4 Å². The Morgan fingerprint density at radius 3 is 0.970 bits per heavy atom. The fourth-order valence-corrected chi connectivity index (χ4v) is 18.9. The van der Waals surface area contributed by atoms with Crippen molar-refractivity contribution < 1.29 is 0 Å². The van der Waals surface area contributed by atoms with Crippen molar-refractivity contribution in [3.05, 3.63) is 340 Å². The lowest BCUT2D eigenvalue weighted by atomic mass is 9.32. The minimum atomic E-state index is -0.167. The molecule has 7 nitrogen and oxygen atoms in total. The molecule has 10 heteroatoms. The lowest BCUT2D eigenvalue weighted by Gasteiger charge is -2.45. The van der Waals surface area contributed by atoms with Gasteiger partial charge in [-0.05, 0) is 195 Å². The number of para-hydroxylation sites is 9. The number of fused-ring (bicyclic) bond motifs is 20. The van der Waals surface area contributed by atoms with E-state index in [1.54, 1.807) is 0 Å². The molecule has 2 aromatic heterocycles. The molecule has 6 aliphatic rings. The molecule has 6 aliphatic heterocycles. The monoisotopic (exact) mass is 1270 g/mol. The average Bonchev–Trinajstić information content (AvgIpc) is 1.45. The van der Waals surface area contributed by atoms with Crippen LogP contribution in [0.4, 0.5) is 102 Å². The molecule has 0 bridgehead atoms. The number of nitrogens with zero attached hydrogens (tertiary/aromatic N) is 7. The molecular formula is C90H56B3N7. The Bertz CT molecular complexity index is 6290. The predicted molar refractivity (Wildman–Crippen MR) is 423 cm³/mol. The summed E-state index contributed by atoms with van der Waals surface area (Å²) in [6.45, 7) is -0.359. The van der Waals surface area contributed by atoms with Crippen molar-refractivity contribution in [3.8, 4) is 0 Å². The van der Waals surface area contributed by atoms with Crippen LogP contribution in [0.2, 0.25) is 0 Å². The molecule has 0 amide bonds. The second-order valence-corrected chi connectivity index (χ2v) is 27.4. The first-order valence-corrected chi connectivity index (χ1v) is 34.9. The van der Waals surface area contributed by atoms with E-state index in [2.05, 4.69) is 374 Å². The van der Waals surface area contributed by atoms with Gasteiger partial charge in [0.25, 0.3) is 20.1 Å². The van der Waals surface area contributed by atoms with Gasteiger partial charge >= 0.3 is 0 Å². The van der Waals surface area contributed by atoms with E-state index in [0.29, 0.717) is 0 Å². The highest BCUT2D eigenvalue weighted by atomic mass is 15.2. The Hall–Kier alpha value is -12.9. The molecule has 0 unspecified atom stereocenters. The van der Waals surface area contributed by atoms with Gasteiger partial charge in [0.2, 0.25) is 0 Å². The average molecular weight is 1270 g/mol. The molecule has 0 saturated heterocycles. The number of anilines is 18. The summed E-state index contributed by atoms with van der Waals surface area (Å²) in [4.78, 5) is 15.3. The SMILES string of the molecule is c1ccc(N2c3ccccc3B3c4cc5c6c7c(cc8c9c%10c(ccc9n(c5cc4N(c4ccccc4)c4cccc2c43)c86)B2c3ccccc3N(c3ccccc3)c3cccc(c32)N%10c2ccccc2)N(c2ccccc2)c2cccc3c2B7c2ccccc2N3c2ccccc2)cc1. The Balaban J connectivity index is 0.900. The minimum absolute atomic E-state index is 0.0857. The van der Waals surface area contributed by atoms with Crippen LogP contribution in [0.3, 0.4) is 0 Å². The third-order valence-corrected chi connectivity index (χ3v) is 22.6. The summed E-state index contributed by atoms with van der Waals surface area (Å²) < 4.78 is 2.71. The smallest absolute Gasteiger partial charge is 0.253 e. The van der Waals surface area contributed by atoms with Gasteiger partial charge in [0.1, 0.15) is 0 Å². The quantitative estimate of drug-likeness (QED) is 0.154. The number of hydrogen-bond acceptors (Lipinski definition) is 6. The van der Waals surface area contributed by atoms with Crippen molar-refractivity contribution in [2.24, 2.45) is 0 Å². The summed E-state index contributed by atoms with van der Waals surface area (Å²) in [7, 11) is 0. The van der Waals surface area contributed by atoms with Crippen LogP contribution in [0.25, 0.3) is 38.1 Å². The van der Waals surface area contributed by atoms with Gasteiger partial charge in [0.05, 0.1) is 22.2 Å². The van der Waals surface area contributed by atoms with Gasteiger partial charge in [-0.3, -0.25) is 0 Å². The van der Waals surface area contributed by atoms with E-state index >= 15 is 0 Å². The van der Waals surface area contributed by atoms with Crippen molar-refractivity contribution >= 4 is 210 Å². The Morgan fingerprint density at radius 1 is 0.190 bits per heavy atom. The van der Waals surface area contributed by atoms with Gasteiger partial charge in [-0.15, -0.1) is 0 Å². The summed E-state index contributed by atoms with van der Waals surface area (Å²) in [5.41, 5.74) is 36.2. The van der Waals surface area contributed by atoms with E-state index in [1.807, 2.05) is 0 Å². The van der Waals surface area contributed by atoms with Crippen LogP contribution in [-0.4, -0.2) is 24.5 Å². The molecule has 100 heavy (non-hydrogen) atoms. The number of aromatic nitrogens is 1. The third kappa shape index (κ3) is 7.10. The fourth-order valence-electron chi connectivity index (χ4n) is 18.9. The maximum atomic E-state index is 2.71. The zero-order chi connectivity index (χ0) is 65.0. The van der Waals surface area contributed by atoms with Crippen molar-refractivity contribution in [2.45, 2.75) is 0 Å². The van der Waals surface area contributed by atoms with Crippen LogP contribution < -0.4 is 78.6 Å². The Morgan fingerprint density at radius 2 is 0.530 bits per heavy atom. The topological polar surface area (TPSA) is 23.9 Å². The fraction of sp³-hybridized carbons (Fsp3) is 0. The molecule has 0 fully saturated rings. The summed E-state index contributed by atoms with van der Waals surface area (Å²) in [5, 5.41) is 4.96. The van der Waals surface area contributed by atoms with Gasteiger partial charge in [-0.1, -0.05) is 194 Å². The van der Waals surface area contributed by atoms with E-state index in [-0.39, 0.29) is 20.1 Å². The van der Waals surface area contributed by atoms with Crippen molar-refractivity contribution in [3.63, 3.8) is 0 Å². The maximum Gasteiger partial charge on any atom is 0.253 e. The molecule has 460 valence electrons. The molecule has 0 spiro atoms. The lowest BCUT2D eigenvalue weighted by Crippen LogP contribution is -2.61. The Labute approximate surface area is 579 Å². The molecular weight excluding hydrogens is 1210 g/mol. The molecule has 17 aromatic rings. The number of rotatable bonds is 6. The van der Waals surface area contributed by atoms with E-state index < -0.39 is 0 Å². The molecule has 0 N–H and O–H groups in total. The standard InChI is InChI=1S/C90H56B3N7/c1-7-28-57(29-8-1)94-70-43-22-19-40-65(70)91-68-52-53-73-83(90(68)99(62-38-17-6-18-39-62)79-51-27-47-75(94)86(79)91)64-55-82-88(93-67-42-21-24-45-72(67)96(59-32-11-3-12-33-59)77-49-26-50-78(87(77)93)98(82)61-36-15-5-16-37-61)84-63-54-69-81(56-80(63)100(73)89(64)84)97(60-34-13-4-14-35-60)76-48-25-46-74-85(76)92(69)66-41-20-23-44-71(66)95(74)58-30-9-2-10-31-58/h1-56H. The van der Waals surface area contributed by atoms with Gasteiger partial charge in [0.15, 0.2) is 0 Å². The van der Waals surface area contributed by atoms with Gasteiger partial charge in [-0.25, -0.2) is 0 Å². The highest BCUT2D eigenvalue weighted by Crippen LogP contribution is 2.54. The zero-order valence-electron chi connectivity index (χ0n) is 54.2. The van der Waals surface area contributed by atoms with Crippen LogP contribution in [0, 0.1) is 0 Å². The summed E-state index contributed by atoms with van der Waals surface area (Å²) in [5.74, 6) is 0. The maximum absolute atomic E-state index is 2.71. The van der Waals surface area contributed by atoms with Crippen LogP contribution in [0.5, 0.6) is 0 Å². The second-order valence-electron chi connectivity index (χ2n) is 27.4. The summed E-state index contributed by atoms with van der Waals surface area (Å²) in [6.07, 6.45) is 0. The number of benzene rings is 15. The highest BCUT2D eigenvalue weighted by molar-refractivity contribution is 7.03. The van der Waals surface area contributed by atoms with Crippen molar-refractivity contribution in [1.82, 2.24) is 4.40 Å². The number of hydrogen-bond donors (Lipinski definition) is 0. The highest BCUT2D eigenvalue weighted by Gasteiger charge is 2.50. The van der Waals surface area contributed by atoms with Crippen LogP contribution >= 0.6 is 0 Å². The van der Waals surface area contributed by atoms with E-state index in [1.165, 1.54) is 156 Å². The molecule has 0 radical (unpaired) electrons. The zero-order valence-corrected chi connectivity index (χ0v) is 54.2. The van der Waals surface area contributed by atoms with Crippen LogP contribution in [-0.2, 0) is 0 Å². The molecule has 0 saturated carbocycles. The predicted octanol–water partition coefficient (Wildman–Crippen LogP) is 17.1. The van der Waals surface area contributed by atoms with Crippen LogP contribution in [0.1, 0.15) is 0 Å². The molecule has 0 aliphatic carbocycles. The van der Waals surface area contributed by atoms with E-state index in [0.717, 1.165) is 34.1 Å². The first-order valence-electron chi connectivity index (χ1n) is 34.9. The largest absolute Gasteiger partial charge is 0.311 e. The lowest BCUT2D eigenvalue weighted by molar-refractivity contribution is 1.25. The molecule has 0 atom stereocenters. The second kappa shape index (κ2) is 20.3.